The van der Waals surface area contributed by atoms with Crippen molar-refractivity contribution in [1.29, 1.82) is 0 Å². The van der Waals surface area contributed by atoms with Crippen molar-refractivity contribution in [3.63, 3.8) is 0 Å². The highest BCUT2D eigenvalue weighted by molar-refractivity contribution is 5.23. The van der Waals surface area contributed by atoms with Crippen LogP contribution in [0, 0.1) is 0 Å². The van der Waals surface area contributed by atoms with Crippen molar-refractivity contribution in [3.8, 4) is 0 Å². The van der Waals surface area contributed by atoms with E-state index >= 15 is 0 Å². The van der Waals surface area contributed by atoms with Crippen LogP contribution in [0.4, 0.5) is 17.6 Å². The average Bonchev–Trinajstić information content (AvgIpc) is 2.92. The summed E-state index contributed by atoms with van der Waals surface area (Å²) in [6.07, 6.45) is -1.55. The fraction of sp³-hybridized carbons (Fsp3) is 0.538. The Labute approximate surface area is 108 Å². The zero-order valence-corrected chi connectivity index (χ0v) is 10.1. The zero-order chi connectivity index (χ0) is 14.1. The molecule has 1 aromatic carbocycles. The number of aliphatic hydroxyl groups is 1. The second kappa shape index (κ2) is 5.09. The zero-order valence-electron chi connectivity index (χ0n) is 10.1. The van der Waals surface area contributed by atoms with Crippen LogP contribution < -0.4 is 5.32 Å². The highest BCUT2D eigenvalue weighted by Gasteiger charge is 2.63. The summed E-state index contributed by atoms with van der Waals surface area (Å²) in [7, 11) is 0. The van der Waals surface area contributed by atoms with Crippen molar-refractivity contribution in [3.05, 3.63) is 35.9 Å². The summed E-state index contributed by atoms with van der Waals surface area (Å²) < 4.78 is 55.6. The Kier molecular flexibility index (Phi) is 3.82. The van der Waals surface area contributed by atoms with Crippen LogP contribution in [0.5, 0.6) is 0 Å². The van der Waals surface area contributed by atoms with Crippen molar-refractivity contribution in [1.82, 2.24) is 5.32 Å². The van der Waals surface area contributed by atoms with E-state index < -0.39 is 29.6 Å². The van der Waals surface area contributed by atoms with Crippen LogP contribution in [-0.2, 0) is 5.92 Å². The lowest BCUT2D eigenvalue weighted by Crippen LogP contribution is -2.55. The SMILES string of the molecule is O[C@@H](C1CCCN1)C(F)(F)C(F)(F)c1ccccc1. The van der Waals surface area contributed by atoms with Crippen LogP contribution in [0.2, 0.25) is 0 Å². The molecule has 1 unspecified atom stereocenters. The molecule has 2 N–H and O–H groups in total. The van der Waals surface area contributed by atoms with E-state index in [1.807, 2.05) is 0 Å². The maximum Gasteiger partial charge on any atom is 0.341 e. The molecule has 1 aliphatic heterocycles. The van der Waals surface area contributed by atoms with Gasteiger partial charge < -0.3 is 10.4 Å². The third kappa shape index (κ3) is 2.47. The van der Waals surface area contributed by atoms with Gasteiger partial charge in [-0.2, -0.15) is 17.6 Å². The van der Waals surface area contributed by atoms with E-state index in [0.29, 0.717) is 13.0 Å². The largest absolute Gasteiger partial charge is 0.385 e. The van der Waals surface area contributed by atoms with Gasteiger partial charge in [-0.05, 0) is 19.4 Å². The molecule has 1 fully saturated rings. The molecule has 106 valence electrons. The molecule has 1 aliphatic rings. The Morgan fingerprint density at radius 2 is 1.79 bits per heavy atom. The Morgan fingerprint density at radius 1 is 1.16 bits per heavy atom. The standard InChI is InChI=1S/C13H15F4NO/c14-12(15,9-5-2-1-3-6-9)13(16,17)11(19)10-7-4-8-18-10/h1-3,5-6,10-11,18-19H,4,7-8H2/t10?,11-/m0/s1. The van der Waals surface area contributed by atoms with Crippen LogP contribution in [0.1, 0.15) is 18.4 Å². The lowest BCUT2D eigenvalue weighted by molar-refractivity contribution is -0.264. The van der Waals surface area contributed by atoms with Crippen LogP contribution in [0.25, 0.3) is 0 Å². The van der Waals surface area contributed by atoms with Gasteiger partial charge in [0.05, 0.1) is 0 Å². The minimum absolute atomic E-state index is 0.266. The third-order valence-electron chi connectivity index (χ3n) is 3.41. The topological polar surface area (TPSA) is 32.3 Å². The van der Waals surface area contributed by atoms with Gasteiger partial charge in [-0.25, -0.2) is 0 Å². The Bertz CT molecular complexity index is 418. The molecule has 0 aromatic heterocycles. The second-order valence-corrected chi connectivity index (χ2v) is 4.71. The number of hydrogen-bond donors (Lipinski definition) is 2. The van der Waals surface area contributed by atoms with Crippen molar-refractivity contribution >= 4 is 0 Å². The summed E-state index contributed by atoms with van der Waals surface area (Å²) >= 11 is 0. The first-order chi connectivity index (χ1) is 8.87. The monoisotopic (exact) mass is 277 g/mol. The molecule has 1 aromatic rings. The van der Waals surface area contributed by atoms with Crippen molar-refractivity contribution in [2.75, 3.05) is 6.54 Å². The lowest BCUT2D eigenvalue weighted by atomic mass is 9.93. The van der Waals surface area contributed by atoms with Crippen LogP contribution in [0.15, 0.2) is 30.3 Å². The van der Waals surface area contributed by atoms with Gasteiger partial charge in [0.2, 0.25) is 0 Å². The molecule has 0 radical (unpaired) electrons. The molecule has 1 saturated heterocycles. The molecule has 0 amide bonds. The van der Waals surface area contributed by atoms with E-state index in [2.05, 4.69) is 5.32 Å². The quantitative estimate of drug-likeness (QED) is 0.829. The smallest absolute Gasteiger partial charge is 0.341 e. The first-order valence-electron chi connectivity index (χ1n) is 6.10. The minimum Gasteiger partial charge on any atom is -0.385 e. The number of aliphatic hydroxyl groups excluding tert-OH is 1. The molecule has 2 rings (SSSR count). The summed E-state index contributed by atoms with van der Waals surface area (Å²) in [5.41, 5.74) is -0.794. The third-order valence-corrected chi connectivity index (χ3v) is 3.41. The van der Waals surface area contributed by atoms with E-state index in [-0.39, 0.29) is 6.42 Å². The fourth-order valence-electron chi connectivity index (χ4n) is 2.26. The number of halogens is 4. The van der Waals surface area contributed by atoms with Gasteiger partial charge in [0.25, 0.3) is 0 Å². The van der Waals surface area contributed by atoms with Gasteiger partial charge in [-0.1, -0.05) is 30.3 Å². The normalized spacial score (nSPS) is 22.5. The minimum atomic E-state index is -4.52. The first kappa shape index (κ1) is 14.3. The Hall–Kier alpha value is -1.14. The lowest BCUT2D eigenvalue weighted by Gasteiger charge is -2.33. The van der Waals surface area contributed by atoms with Gasteiger partial charge in [-0.15, -0.1) is 0 Å². The predicted molar refractivity (Wildman–Crippen MR) is 62.3 cm³/mol. The van der Waals surface area contributed by atoms with Crippen LogP contribution in [-0.4, -0.2) is 29.7 Å². The van der Waals surface area contributed by atoms with Crippen LogP contribution in [0.3, 0.4) is 0 Å². The molecule has 19 heavy (non-hydrogen) atoms. The average molecular weight is 277 g/mol. The first-order valence-corrected chi connectivity index (χ1v) is 6.10. The van der Waals surface area contributed by atoms with E-state index in [1.165, 1.54) is 18.2 Å². The molecule has 0 spiro atoms. The maximum absolute atomic E-state index is 13.9. The van der Waals surface area contributed by atoms with Crippen LogP contribution >= 0.6 is 0 Å². The summed E-state index contributed by atoms with van der Waals surface area (Å²) in [4.78, 5) is 0. The molecule has 0 aliphatic carbocycles. The van der Waals surface area contributed by atoms with E-state index in [0.717, 1.165) is 12.1 Å². The summed E-state index contributed by atoms with van der Waals surface area (Å²) in [5.74, 6) is -8.92. The number of alkyl halides is 4. The van der Waals surface area contributed by atoms with Gasteiger partial charge in [0.15, 0.2) is 0 Å². The Balaban J connectivity index is 2.26. The molecular weight excluding hydrogens is 262 g/mol. The van der Waals surface area contributed by atoms with Crippen molar-refractivity contribution < 1.29 is 22.7 Å². The van der Waals surface area contributed by atoms with E-state index in [9.17, 15) is 22.7 Å². The molecular formula is C13H15F4NO. The number of nitrogens with one attached hydrogen (secondary N) is 1. The highest BCUT2D eigenvalue weighted by atomic mass is 19.3. The highest BCUT2D eigenvalue weighted by Crippen LogP contribution is 2.46. The summed E-state index contributed by atoms with van der Waals surface area (Å²) in [6.45, 7) is 0.453. The van der Waals surface area contributed by atoms with Gasteiger partial charge in [0.1, 0.15) is 6.10 Å². The van der Waals surface area contributed by atoms with Gasteiger partial charge in [0, 0.05) is 11.6 Å². The van der Waals surface area contributed by atoms with Gasteiger partial charge in [-0.3, -0.25) is 0 Å². The molecule has 2 nitrogen and oxygen atoms in total. The molecule has 0 saturated carbocycles. The number of benzene rings is 1. The molecule has 2 atom stereocenters. The predicted octanol–water partition coefficient (Wildman–Crippen LogP) is 2.53. The van der Waals surface area contributed by atoms with E-state index in [4.69, 9.17) is 0 Å². The molecule has 6 heteroatoms. The molecule has 0 bridgehead atoms. The Morgan fingerprint density at radius 3 is 2.32 bits per heavy atom. The van der Waals surface area contributed by atoms with Crippen molar-refractivity contribution in [2.45, 2.75) is 36.8 Å². The summed E-state index contributed by atoms with van der Waals surface area (Å²) in [6, 6.07) is 4.86. The summed E-state index contributed by atoms with van der Waals surface area (Å²) in [5, 5.41) is 12.2. The van der Waals surface area contributed by atoms with Gasteiger partial charge >= 0.3 is 11.8 Å². The number of hydrogen-bond acceptors (Lipinski definition) is 2. The molecule has 1 heterocycles. The maximum atomic E-state index is 13.9. The van der Waals surface area contributed by atoms with Crippen molar-refractivity contribution in [2.24, 2.45) is 0 Å². The second-order valence-electron chi connectivity index (χ2n) is 4.71. The fourth-order valence-corrected chi connectivity index (χ4v) is 2.26. The van der Waals surface area contributed by atoms with E-state index in [1.54, 1.807) is 0 Å². The number of rotatable bonds is 4.